The van der Waals surface area contributed by atoms with Crippen molar-refractivity contribution in [1.29, 1.82) is 0 Å². The van der Waals surface area contributed by atoms with Crippen molar-refractivity contribution in [1.82, 2.24) is 0 Å². The Morgan fingerprint density at radius 1 is 0.667 bits per heavy atom. The van der Waals surface area contributed by atoms with E-state index in [1.165, 1.54) is 18.2 Å². The Hall–Kier alpha value is -2.91. The van der Waals surface area contributed by atoms with E-state index in [-0.39, 0.29) is 16.7 Å². The van der Waals surface area contributed by atoms with E-state index >= 15 is 0 Å². The lowest BCUT2D eigenvalue weighted by atomic mass is 10.1. The molecule has 0 saturated carbocycles. The van der Waals surface area contributed by atoms with Crippen LogP contribution in [0.5, 0.6) is 0 Å². The van der Waals surface area contributed by atoms with Crippen LogP contribution in [0.2, 0.25) is 0 Å². The van der Waals surface area contributed by atoms with Gasteiger partial charge in [0.1, 0.15) is 16.7 Å². The molecular weight excluding hydrogens is 198 g/mol. The Morgan fingerprint density at radius 2 is 0.933 bits per heavy atom. The molecule has 1 rings (SSSR count). The van der Waals surface area contributed by atoms with E-state index in [4.69, 9.17) is 0 Å². The smallest absolute Gasteiger partial charge is 0.336 e. The van der Waals surface area contributed by atoms with Crippen LogP contribution in [-0.4, -0.2) is 0 Å². The van der Waals surface area contributed by atoms with Crippen molar-refractivity contribution < 1.29 is 0 Å². The van der Waals surface area contributed by atoms with Crippen LogP contribution in [0.4, 0.5) is 0 Å². The van der Waals surface area contributed by atoms with Gasteiger partial charge in [0.05, 0.1) is 0 Å². The van der Waals surface area contributed by atoms with Crippen molar-refractivity contribution in [2.75, 3.05) is 0 Å². The van der Waals surface area contributed by atoms with Crippen molar-refractivity contribution in [3.05, 3.63) is 65.5 Å². The third kappa shape index (κ3) is 2.80. The van der Waals surface area contributed by atoms with Crippen LogP contribution in [0, 0.1) is 33.8 Å². The van der Waals surface area contributed by atoms with Crippen LogP contribution < -0.4 is 0 Å². The first-order valence-electron chi connectivity index (χ1n) is 3.70. The summed E-state index contributed by atoms with van der Waals surface area (Å²) in [6.07, 6.45) is 0. The van der Waals surface area contributed by atoms with E-state index in [1.807, 2.05) is 0 Å². The van der Waals surface area contributed by atoms with Crippen molar-refractivity contribution in [3.8, 4) is 18.2 Å². The lowest BCUT2D eigenvalue weighted by Crippen LogP contribution is -1.82. The van der Waals surface area contributed by atoms with Gasteiger partial charge in [0.2, 0.25) is 0 Å². The molecular formula is C9H3N3O3. The molecule has 0 aliphatic heterocycles. The van der Waals surface area contributed by atoms with Gasteiger partial charge in [-0.3, -0.25) is 0 Å². The molecule has 0 aliphatic rings. The summed E-state index contributed by atoms with van der Waals surface area (Å²) in [5.41, 5.74) is 0.847. The van der Waals surface area contributed by atoms with Crippen LogP contribution >= 0.6 is 0 Å². The first-order valence-corrected chi connectivity index (χ1v) is 3.70. The summed E-state index contributed by atoms with van der Waals surface area (Å²) in [6, 6.07) is 10.5. The molecule has 0 heterocycles. The van der Waals surface area contributed by atoms with Gasteiger partial charge in [0.15, 0.2) is 0 Å². The van der Waals surface area contributed by atoms with E-state index in [0.717, 1.165) is 0 Å². The summed E-state index contributed by atoms with van der Waals surface area (Å²) < 4.78 is 0. The first-order chi connectivity index (χ1) is 7.30. The summed E-state index contributed by atoms with van der Waals surface area (Å²) in [5.74, 6) is 0. The fourth-order valence-corrected chi connectivity index (χ4v) is 0.979. The van der Waals surface area contributed by atoms with Crippen molar-refractivity contribution in [2.45, 2.75) is 0 Å². The summed E-state index contributed by atoms with van der Waals surface area (Å²) in [5, 5.41) is 37.1. The molecule has 0 saturated heterocycles. The second-order valence-corrected chi connectivity index (χ2v) is 2.41. The third-order valence-electron chi connectivity index (χ3n) is 1.46. The van der Waals surface area contributed by atoms with E-state index < -0.39 is 0 Å². The molecule has 15 heavy (non-hydrogen) atoms. The Labute approximate surface area is 84.6 Å². The molecule has 0 amide bonds. The average molecular weight is 201 g/mol. The largest absolute Gasteiger partial charge is 0.498 e. The van der Waals surface area contributed by atoms with E-state index in [2.05, 4.69) is 33.2 Å². The maximum absolute atomic E-state index is 9.94. The molecule has 0 bridgehead atoms. The summed E-state index contributed by atoms with van der Waals surface area (Å²) in [7, 11) is 0. The zero-order chi connectivity index (χ0) is 11.1. The van der Waals surface area contributed by atoms with Crippen molar-refractivity contribution in [3.63, 3.8) is 0 Å². The van der Waals surface area contributed by atoms with E-state index in [0.29, 0.717) is 0 Å². The summed E-state index contributed by atoms with van der Waals surface area (Å²) >= 11 is 0. The Morgan fingerprint density at radius 3 is 1.13 bits per heavy atom. The van der Waals surface area contributed by atoms with Gasteiger partial charge in [-0.1, -0.05) is 0 Å². The van der Waals surface area contributed by atoms with Gasteiger partial charge in [-0.05, 0) is 18.2 Å². The minimum Gasteiger partial charge on any atom is -0.498 e. The number of hydrogen-bond donors (Lipinski definition) is 0. The highest BCUT2D eigenvalue weighted by Gasteiger charge is 2.06. The Balaban J connectivity index is 3.31. The van der Waals surface area contributed by atoms with Gasteiger partial charge < -0.3 is 15.6 Å². The van der Waals surface area contributed by atoms with Crippen molar-refractivity contribution >= 4 is 0 Å². The summed E-state index contributed by atoms with van der Waals surface area (Å²) in [4.78, 5) is 0. The van der Waals surface area contributed by atoms with Crippen LogP contribution in [0.3, 0.4) is 0 Å². The normalized spacial score (nSPS) is 7.20. The minimum atomic E-state index is 0.282. The van der Waals surface area contributed by atoms with Crippen LogP contribution in [0.15, 0.2) is 18.2 Å². The standard InChI is InChI=1S/C9H3N3O3/c13-10-4-7-1-8(5-11-14)3-9(2-7)6-12-15/h1-3H. The zero-order valence-corrected chi connectivity index (χ0v) is 7.30. The molecule has 6 heteroatoms. The van der Waals surface area contributed by atoms with E-state index in [9.17, 15) is 15.6 Å². The Bertz CT molecular complexity index is 456. The Kier molecular flexibility index (Phi) is 3.36. The SMILES string of the molecule is [O-][N+]#Cc1cc(C#[N+][O-])cc(C#[N+][O-])c1. The molecule has 1 aromatic rings. The average Bonchev–Trinajstić information content (AvgIpc) is 2.19. The number of nitrogens with zero attached hydrogens (tertiary/aromatic N) is 3. The van der Waals surface area contributed by atoms with E-state index in [1.54, 1.807) is 0 Å². The first kappa shape index (κ1) is 10.2. The molecule has 0 aliphatic carbocycles. The van der Waals surface area contributed by atoms with Gasteiger partial charge in [0, 0.05) is 15.0 Å². The lowest BCUT2D eigenvalue weighted by Gasteiger charge is -1.86. The number of benzene rings is 1. The van der Waals surface area contributed by atoms with Gasteiger partial charge >= 0.3 is 18.2 Å². The number of rotatable bonds is 0. The molecule has 0 atom stereocenters. The quantitative estimate of drug-likeness (QED) is 0.603. The maximum Gasteiger partial charge on any atom is 0.336 e. The fraction of sp³-hybridized carbons (Fsp3) is 0. The predicted octanol–water partition coefficient (Wildman–Crippen LogP) is 2.22. The maximum atomic E-state index is 9.94. The molecule has 6 nitrogen and oxygen atoms in total. The van der Waals surface area contributed by atoms with Crippen molar-refractivity contribution in [2.24, 2.45) is 0 Å². The molecule has 0 N–H and O–H groups in total. The van der Waals surface area contributed by atoms with Crippen LogP contribution in [0.25, 0.3) is 15.0 Å². The van der Waals surface area contributed by atoms with Crippen LogP contribution in [0.1, 0.15) is 16.7 Å². The monoisotopic (exact) mass is 201 g/mol. The fourth-order valence-electron chi connectivity index (χ4n) is 0.979. The molecule has 0 unspecified atom stereocenters. The zero-order valence-electron chi connectivity index (χ0n) is 7.30. The van der Waals surface area contributed by atoms with Crippen LogP contribution in [-0.2, 0) is 0 Å². The van der Waals surface area contributed by atoms with Gasteiger partial charge in [-0.2, -0.15) is 0 Å². The predicted molar refractivity (Wildman–Crippen MR) is 55.6 cm³/mol. The van der Waals surface area contributed by atoms with Gasteiger partial charge in [-0.15, -0.1) is 0 Å². The number of hydrogen-bond acceptors (Lipinski definition) is 3. The molecule has 0 fully saturated rings. The second kappa shape index (κ2) is 4.96. The highest BCUT2D eigenvalue weighted by Crippen LogP contribution is 2.08. The molecule has 72 valence electrons. The highest BCUT2D eigenvalue weighted by molar-refractivity contribution is 5.49. The topological polar surface area (TPSA) is 82.3 Å². The molecule has 0 radical (unpaired) electrons. The highest BCUT2D eigenvalue weighted by atomic mass is 16.4. The van der Waals surface area contributed by atoms with Gasteiger partial charge in [-0.25, -0.2) is 0 Å². The third-order valence-corrected chi connectivity index (χ3v) is 1.46. The summed E-state index contributed by atoms with van der Waals surface area (Å²) in [6.45, 7) is 0. The molecule has 1 aromatic carbocycles. The minimum absolute atomic E-state index is 0.282. The van der Waals surface area contributed by atoms with Gasteiger partial charge in [0.25, 0.3) is 0 Å². The second-order valence-electron chi connectivity index (χ2n) is 2.41. The molecule has 0 spiro atoms. The lowest BCUT2D eigenvalue weighted by molar-refractivity contribution is 1.55. The molecule has 0 aromatic heterocycles.